The minimum atomic E-state index is -0.537. The molecule has 158 valence electrons. The Labute approximate surface area is 183 Å². The average molecular weight is 438 g/mol. The van der Waals surface area contributed by atoms with Crippen molar-refractivity contribution in [1.29, 1.82) is 0 Å². The summed E-state index contributed by atoms with van der Waals surface area (Å²) in [5.41, 5.74) is 9.66. The van der Waals surface area contributed by atoms with Crippen LogP contribution in [0.25, 0.3) is 16.9 Å². The normalized spacial score (nSPS) is 11.0. The van der Waals surface area contributed by atoms with E-state index in [1.54, 1.807) is 12.3 Å². The van der Waals surface area contributed by atoms with Gasteiger partial charge in [0.05, 0.1) is 10.6 Å². The summed E-state index contributed by atoms with van der Waals surface area (Å²) < 4.78 is 1.88. The van der Waals surface area contributed by atoms with E-state index in [0.29, 0.717) is 29.6 Å². The minimum absolute atomic E-state index is 0.0677. The maximum Gasteiger partial charge on any atom is 0.311 e. The number of anilines is 2. The van der Waals surface area contributed by atoms with Gasteiger partial charge in [-0.25, -0.2) is 15.0 Å². The van der Waals surface area contributed by atoms with Crippen molar-refractivity contribution in [3.63, 3.8) is 0 Å². The van der Waals surface area contributed by atoms with E-state index in [1.165, 1.54) is 6.07 Å². The number of aromatic nitrogens is 4. The fourth-order valence-electron chi connectivity index (χ4n) is 3.34. The van der Waals surface area contributed by atoms with Gasteiger partial charge in [0.15, 0.2) is 0 Å². The molecule has 4 rings (SSSR count). The third-order valence-electron chi connectivity index (χ3n) is 4.98. The molecule has 0 bridgehead atoms. The molecule has 0 spiro atoms. The highest BCUT2D eigenvalue weighted by Gasteiger charge is 2.13. The molecule has 3 N–H and O–H groups in total. The summed E-state index contributed by atoms with van der Waals surface area (Å²) in [7, 11) is 0. The fourth-order valence-corrected chi connectivity index (χ4v) is 3.52. The summed E-state index contributed by atoms with van der Waals surface area (Å²) in [6.07, 6.45) is 4.93. The SMILES string of the molecule is Cc1c(Cl)cccc1-c1cc2nccn2c(NCCCc2ccc([N+](=O)[O-])c(N)n2)n1. The highest BCUT2D eigenvalue weighted by atomic mass is 35.5. The van der Waals surface area contributed by atoms with Crippen molar-refractivity contribution in [1.82, 2.24) is 19.4 Å². The number of hydrogen-bond donors (Lipinski definition) is 2. The highest BCUT2D eigenvalue weighted by molar-refractivity contribution is 6.31. The van der Waals surface area contributed by atoms with Crippen LogP contribution in [-0.2, 0) is 6.42 Å². The summed E-state index contributed by atoms with van der Waals surface area (Å²) in [6.45, 7) is 2.59. The Hall–Kier alpha value is -3.72. The maximum atomic E-state index is 10.9. The molecule has 0 atom stereocenters. The quantitative estimate of drug-likeness (QED) is 0.251. The Morgan fingerprint density at radius 2 is 2.10 bits per heavy atom. The minimum Gasteiger partial charge on any atom is -0.378 e. The molecule has 0 aliphatic heterocycles. The van der Waals surface area contributed by atoms with Crippen LogP contribution in [0.2, 0.25) is 5.02 Å². The predicted molar refractivity (Wildman–Crippen MR) is 120 cm³/mol. The molecule has 3 aromatic heterocycles. The summed E-state index contributed by atoms with van der Waals surface area (Å²) in [5, 5.41) is 14.9. The fraction of sp³-hybridized carbons (Fsp3) is 0.190. The van der Waals surface area contributed by atoms with Gasteiger partial charge in [-0.2, -0.15) is 0 Å². The van der Waals surface area contributed by atoms with Crippen molar-refractivity contribution in [2.45, 2.75) is 19.8 Å². The molecule has 0 unspecified atom stereocenters. The molecule has 0 amide bonds. The topological polar surface area (TPSA) is 124 Å². The molecule has 3 heterocycles. The lowest BCUT2D eigenvalue weighted by Gasteiger charge is -2.12. The third-order valence-corrected chi connectivity index (χ3v) is 5.39. The van der Waals surface area contributed by atoms with E-state index in [2.05, 4.69) is 15.3 Å². The number of pyridine rings is 1. The second-order valence-electron chi connectivity index (χ2n) is 7.03. The van der Waals surface area contributed by atoms with Gasteiger partial charge < -0.3 is 11.1 Å². The van der Waals surface area contributed by atoms with Crippen molar-refractivity contribution in [2.75, 3.05) is 17.6 Å². The number of halogens is 1. The standard InChI is InChI=1S/C21H20ClN7O2/c1-13-15(5-2-6-16(13)22)17-12-19-24-10-11-28(19)21(27-17)25-9-3-4-14-7-8-18(29(30)31)20(23)26-14/h2,5-8,10-12H,3-4,9H2,1H3,(H2,23,26)(H,25,27). The summed E-state index contributed by atoms with van der Waals surface area (Å²) >= 11 is 6.28. The van der Waals surface area contributed by atoms with Gasteiger partial charge in [-0.05, 0) is 37.5 Å². The summed E-state index contributed by atoms with van der Waals surface area (Å²) in [4.78, 5) is 23.6. The molecular formula is C21H20ClN7O2. The first-order chi connectivity index (χ1) is 14.9. The number of hydrogen-bond acceptors (Lipinski definition) is 7. The van der Waals surface area contributed by atoms with Crippen LogP contribution in [0.15, 0.2) is 48.8 Å². The van der Waals surface area contributed by atoms with Gasteiger partial charge in [0.2, 0.25) is 11.8 Å². The van der Waals surface area contributed by atoms with E-state index in [4.69, 9.17) is 22.3 Å². The van der Waals surface area contributed by atoms with Crippen LogP contribution in [0.5, 0.6) is 0 Å². The average Bonchev–Trinajstić information content (AvgIpc) is 3.21. The number of fused-ring (bicyclic) bond motifs is 1. The second-order valence-corrected chi connectivity index (χ2v) is 7.43. The zero-order chi connectivity index (χ0) is 22.0. The first-order valence-electron chi connectivity index (χ1n) is 9.67. The lowest BCUT2D eigenvalue weighted by molar-refractivity contribution is -0.384. The molecule has 0 radical (unpaired) electrons. The number of rotatable bonds is 7. The van der Waals surface area contributed by atoms with Crippen LogP contribution in [0.3, 0.4) is 0 Å². The van der Waals surface area contributed by atoms with Crippen LogP contribution in [0.1, 0.15) is 17.7 Å². The van der Waals surface area contributed by atoms with Crippen LogP contribution < -0.4 is 11.1 Å². The smallest absolute Gasteiger partial charge is 0.311 e. The van der Waals surface area contributed by atoms with Crippen molar-refractivity contribution in [3.8, 4) is 11.3 Å². The number of nitrogens with one attached hydrogen (secondary N) is 1. The molecule has 10 heteroatoms. The van der Waals surface area contributed by atoms with Gasteiger partial charge in [0, 0.05) is 47.4 Å². The Morgan fingerprint density at radius 1 is 1.26 bits per heavy atom. The van der Waals surface area contributed by atoms with Crippen molar-refractivity contribution >= 4 is 34.7 Å². The number of nitrogens with two attached hydrogens (primary N) is 1. The van der Waals surface area contributed by atoms with Gasteiger partial charge in [-0.1, -0.05) is 23.7 Å². The maximum absolute atomic E-state index is 10.9. The van der Waals surface area contributed by atoms with Gasteiger partial charge in [-0.3, -0.25) is 14.5 Å². The van der Waals surface area contributed by atoms with Crippen molar-refractivity contribution in [2.24, 2.45) is 0 Å². The largest absolute Gasteiger partial charge is 0.378 e. The molecule has 9 nitrogen and oxygen atoms in total. The lowest BCUT2D eigenvalue weighted by Crippen LogP contribution is -2.10. The van der Waals surface area contributed by atoms with Crippen LogP contribution in [-0.4, -0.2) is 30.8 Å². The van der Waals surface area contributed by atoms with Gasteiger partial charge >= 0.3 is 5.69 Å². The monoisotopic (exact) mass is 437 g/mol. The molecule has 0 aliphatic rings. The highest BCUT2D eigenvalue weighted by Crippen LogP contribution is 2.29. The van der Waals surface area contributed by atoms with Gasteiger partial charge in [0.25, 0.3) is 0 Å². The van der Waals surface area contributed by atoms with Crippen LogP contribution >= 0.6 is 11.6 Å². The van der Waals surface area contributed by atoms with E-state index < -0.39 is 4.92 Å². The first kappa shape index (κ1) is 20.5. The van der Waals surface area contributed by atoms with Gasteiger partial charge in [-0.15, -0.1) is 0 Å². The van der Waals surface area contributed by atoms with E-state index in [-0.39, 0.29) is 11.5 Å². The first-order valence-corrected chi connectivity index (χ1v) is 10.0. The molecular weight excluding hydrogens is 418 g/mol. The summed E-state index contributed by atoms with van der Waals surface area (Å²) in [6, 6.07) is 10.7. The van der Waals surface area contributed by atoms with Crippen LogP contribution in [0, 0.1) is 17.0 Å². The molecule has 0 aliphatic carbocycles. The van der Waals surface area contributed by atoms with E-state index in [0.717, 1.165) is 28.9 Å². The van der Waals surface area contributed by atoms with E-state index in [1.807, 2.05) is 41.8 Å². The number of nitro groups is 1. The third kappa shape index (κ3) is 4.26. The Kier molecular flexibility index (Phi) is 5.68. The molecule has 31 heavy (non-hydrogen) atoms. The number of nitrogen functional groups attached to an aromatic ring is 1. The lowest BCUT2D eigenvalue weighted by atomic mass is 10.1. The molecule has 0 fully saturated rings. The van der Waals surface area contributed by atoms with Crippen molar-refractivity contribution < 1.29 is 4.92 Å². The number of aryl methyl sites for hydroxylation is 1. The van der Waals surface area contributed by atoms with Crippen molar-refractivity contribution in [3.05, 3.63) is 75.2 Å². The Balaban J connectivity index is 1.50. The number of benzene rings is 1. The molecule has 0 saturated carbocycles. The zero-order valence-corrected chi connectivity index (χ0v) is 17.5. The van der Waals surface area contributed by atoms with E-state index in [9.17, 15) is 10.1 Å². The number of imidazole rings is 1. The summed E-state index contributed by atoms with van der Waals surface area (Å²) in [5.74, 6) is 0.599. The number of nitrogens with zero attached hydrogens (tertiary/aromatic N) is 5. The van der Waals surface area contributed by atoms with E-state index >= 15 is 0 Å². The Morgan fingerprint density at radius 3 is 2.87 bits per heavy atom. The van der Waals surface area contributed by atoms with Crippen LogP contribution in [0.4, 0.5) is 17.5 Å². The van der Waals surface area contributed by atoms with Gasteiger partial charge in [0.1, 0.15) is 5.65 Å². The second kappa shape index (κ2) is 8.57. The molecule has 4 aromatic rings. The zero-order valence-electron chi connectivity index (χ0n) is 16.7. The molecule has 1 aromatic carbocycles. The predicted octanol–water partition coefficient (Wildman–Crippen LogP) is 4.29. The Bertz CT molecular complexity index is 1270. The molecule has 0 saturated heterocycles.